The van der Waals surface area contributed by atoms with E-state index in [9.17, 15) is 5.11 Å². The number of piperidine rings is 1. The van der Waals surface area contributed by atoms with Crippen LogP contribution in [0.15, 0.2) is 24.3 Å². The van der Waals surface area contributed by atoms with Crippen molar-refractivity contribution in [3.8, 4) is 0 Å². The van der Waals surface area contributed by atoms with Crippen LogP contribution in [0.1, 0.15) is 50.7 Å². The molecular weight excluding hydrogens is 222 g/mol. The molecule has 1 aromatic rings. The maximum Gasteiger partial charge on any atom is 0.0883 e. The van der Waals surface area contributed by atoms with E-state index in [0.29, 0.717) is 6.04 Å². The first-order chi connectivity index (χ1) is 8.62. The molecule has 2 atom stereocenters. The Bertz CT molecular complexity index is 380. The second-order valence-corrected chi connectivity index (χ2v) is 5.68. The van der Waals surface area contributed by atoms with Crippen molar-refractivity contribution in [2.24, 2.45) is 0 Å². The van der Waals surface area contributed by atoms with Gasteiger partial charge in [-0.15, -0.1) is 0 Å². The molecule has 0 aromatic heterocycles. The minimum Gasteiger partial charge on any atom is -0.385 e. The van der Waals surface area contributed by atoms with E-state index in [-0.39, 0.29) is 0 Å². The molecular formula is C16H25NO. The summed E-state index contributed by atoms with van der Waals surface area (Å²) in [6.45, 7) is 5.18. The number of nitrogens with one attached hydrogen (secondary N) is 1. The van der Waals surface area contributed by atoms with Crippen molar-refractivity contribution in [2.75, 3.05) is 6.54 Å². The van der Waals surface area contributed by atoms with E-state index >= 15 is 0 Å². The van der Waals surface area contributed by atoms with Gasteiger partial charge in [0.2, 0.25) is 0 Å². The standard InChI is InChI=1S/C16H25NO/c1-3-13-7-6-8-14(11-13)16(2,18)12-15-9-4-5-10-17-15/h6-8,11,15,17-18H,3-5,9-10,12H2,1-2H3. The number of benzene rings is 1. The van der Waals surface area contributed by atoms with Crippen LogP contribution in [0.4, 0.5) is 0 Å². The number of aliphatic hydroxyl groups is 1. The van der Waals surface area contributed by atoms with E-state index in [1.807, 2.05) is 13.0 Å². The minimum absolute atomic E-state index is 0.457. The van der Waals surface area contributed by atoms with Gasteiger partial charge in [0.25, 0.3) is 0 Å². The van der Waals surface area contributed by atoms with Gasteiger partial charge in [0.15, 0.2) is 0 Å². The van der Waals surface area contributed by atoms with Gasteiger partial charge in [0.1, 0.15) is 0 Å². The molecule has 0 saturated carbocycles. The van der Waals surface area contributed by atoms with E-state index in [1.54, 1.807) is 0 Å². The van der Waals surface area contributed by atoms with E-state index in [2.05, 4.69) is 30.4 Å². The summed E-state index contributed by atoms with van der Waals surface area (Å²) in [5.74, 6) is 0. The predicted octanol–water partition coefficient (Wildman–Crippen LogP) is 2.99. The first-order valence-electron chi connectivity index (χ1n) is 7.17. The number of hydrogen-bond donors (Lipinski definition) is 2. The van der Waals surface area contributed by atoms with Gasteiger partial charge < -0.3 is 10.4 Å². The molecule has 0 spiro atoms. The van der Waals surface area contributed by atoms with Crippen LogP contribution in [0.5, 0.6) is 0 Å². The average molecular weight is 247 g/mol. The lowest BCUT2D eigenvalue weighted by atomic mass is 9.85. The fraction of sp³-hybridized carbons (Fsp3) is 0.625. The SMILES string of the molecule is CCc1cccc(C(C)(O)CC2CCCCN2)c1. The molecule has 2 unspecified atom stereocenters. The van der Waals surface area contributed by atoms with Gasteiger partial charge in [-0.2, -0.15) is 0 Å². The third-order valence-corrected chi connectivity index (χ3v) is 4.01. The zero-order valence-corrected chi connectivity index (χ0v) is 11.6. The lowest BCUT2D eigenvalue weighted by Gasteiger charge is -2.32. The third kappa shape index (κ3) is 3.33. The molecule has 0 radical (unpaired) electrons. The number of rotatable bonds is 4. The predicted molar refractivity (Wildman–Crippen MR) is 75.6 cm³/mol. The molecule has 1 aliphatic rings. The Morgan fingerprint density at radius 1 is 1.39 bits per heavy atom. The quantitative estimate of drug-likeness (QED) is 0.857. The highest BCUT2D eigenvalue weighted by Gasteiger charge is 2.28. The molecule has 2 rings (SSSR count). The van der Waals surface area contributed by atoms with Crippen LogP contribution in [0, 0.1) is 0 Å². The first-order valence-corrected chi connectivity index (χ1v) is 7.17. The van der Waals surface area contributed by atoms with Crippen LogP contribution < -0.4 is 5.32 Å². The van der Waals surface area contributed by atoms with Crippen LogP contribution in [-0.2, 0) is 12.0 Å². The van der Waals surface area contributed by atoms with Crippen molar-refractivity contribution in [1.82, 2.24) is 5.32 Å². The van der Waals surface area contributed by atoms with Gasteiger partial charge >= 0.3 is 0 Å². The van der Waals surface area contributed by atoms with Gasteiger partial charge in [0.05, 0.1) is 5.60 Å². The van der Waals surface area contributed by atoms with Gasteiger partial charge in [-0.25, -0.2) is 0 Å². The topological polar surface area (TPSA) is 32.3 Å². The molecule has 18 heavy (non-hydrogen) atoms. The minimum atomic E-state index is -0.722. The molecule has 2 nitrogen and oxygen atoms in total. The first kappa shape index (κ1) is 13.6. The van der Waals surface area contributed by atoms with Crippen molar-refractivity contribution in [2.45, 2.75) is 57.6 Å². The summed E-state index contributed by atoms with van der Waals surface area (Å²) >= 11 is 0. The molecule has 1 aliphatic heterocycles. The highest BCUT2D eigenvalue weighted by Crippen LogP contribution is 2.29. The Labute approximate surface area is 110 Å². The molecule has 0 bridgehead atoms. The zero-order valence-electron chi connectivity index (χ0n) is 11.6. The molecule has 100 valence electrons. The summed E-state index contributed by atoms with van der Waals surface area (Å²) in [5, 5.41) is 14.2. The van der Waals surface area contributed by atoms with Crippen LogP contribution in [0.2, 0.25) is 0 Å². The van der Waals surface area contributed by atoms with Crippen LogP contribution >= 0.6 is 0 Å². The Balaban J connectivity index is 2.08. The van der Waals surface area contributed by atoms with Gasteiger partial charge in [-0.3, -0.25) is 0 Å². The summed E-state index contributed by atoms with van der Waals surface area (Å²) in [6.07, 6.45) is 5.56. The maximum absolute atomic E-state index is 10.7. The summed E-state index contributed by atoms with van der Waals surface area (Å²) in [7, 11) is 0. The molecule has 1 aromatic carbocycles. The highest BCUT2D eigenvalue weighted by atomic mass is 16.3. The van der Waals surface area contributed by atoms with Crippen LogP contribution in [0.3, 0.4) is 0 Å². The molecule has 1 fully saturated rings. The van der Waals surface area contributed by atoms with Gasteiger partial charge in [-0.05, 0) is 50.3 Å². The van der Waals surface area contributed by atoms with Gasteiger partial charge in [0, 0.05) is 6.04 Å². The summed E-state index contributed by atoms with van der Waals surface area (Å²) in [6, 6.07) is 8.82. The molecule has 2 heteroatoms. The van der Waals surface area contributed by atoms with Crippen molar-refractivity contribution >= 4 is 0 Å². The molecule has 0 aliphatic carbocycles. The number of hydrogen-bond acceptors (Lipinski definition) is 2. The summed E-state index contributed by atoms with van der Waals surface area (Å²) in [5.41, 5.74) is 1.62. The Hall–Kier alpha value is -0.860. The second kappa shape index (κ2) is 5.85. The van der Waals surface area contributed by atoms with E-state index in [0.717, 1.165) is 24.9 Å². The average Bonchev–Trinajstić information content (AvgIpc) is 2.39. The third-order valence-electron chi connectivity index (χ3n) is 4.01. The zero-order chi connectivity index (χ0) is 13.0. The molecule has 2 N–H and O–H groups in total. The molecule has 1 saturated heterocycles. The van der Waals surface area contributed by atoms with Crippen molar-refractivity contribution in [3.63, 3.8) is 0 Å². The lowest BCUT2D eigenvalue weighted by molar-refractivity contribution is 0.0331. The fourth-order valence-corrected chi connectivity index (χ4v) is 2.82. The monoisotopic (exact) mass is 247 g/mol. The molecule has 1 heterocycles. The maximum atomic E-state index is 10.7. The lowest BCUT2D eigenvalue weighted by Crippen LogP contribution is -2.39. The fourth-order valence-electron chi connectivity index (χ4n) is 2.82. The summed E-state index contributed by atoms with van der Waals surface area (Å²) in [4.78, 5) is 0. The Kier molecular flexibility index (Phi) is 4.41. The normalized spacial score (nSPS) is 23.6. The van der Waals surface area contributed by atoms with Crippen molar-refractivity contribution in [3.05, 3.63) is 35.4 Å². The van der Waals surface area contributed by atoms with Gasteiger partial charge in [-0.1, -0.05) is 37.6 Å². The largest absolute Gasteiger partial charge is 0.385 e. The van der Waals surface area contributed by atoms with E-state index in [1.165, 1.54) is 24.8 Å². The Morgan fingerprint density at radius 2 is 2.22 bits per heavy atom. The molecule has 0 amide bonds. The number of aryl methyl sites for hydroxylation is 1. The van der Waals surface area contributed by atoms with Crippen molar-refractivity contribution < 1.29 is 5.11 Å². The van der Waals surface area contributed by atoms with E-state index in [4.69, 9.17) is 0 Å². The highest BCUT2D eigenvalue weighted by molar-refractivity contribution is 5.28. The van der Waals surface area contributed by atoms with Crippen molar-refractivity contribution in [1.29, 1.82) is 0 Å². The second-order valence-electron chi connectivity index (χ2n) is 5.68. The summed E-state index contributed by atoms with van der Waals surface area (Å²) < 4.78 is 0. The Morgan fingerprint density at radius 3 is 2.89 bits per heavy atom. The van der Waals surface area contributed by atoms with Crippen LogP contribution in [0.25, 0.3) is 0 Å². The van der Waals surface area contributed by atoms with Crippen LogP contribution in [-0.4, -0.2) is 17.7 Å². The smallest absolute Gasteiger partial charge is 0.0883 e. The van der Waals surface area contributed by atoms with E-state index < -0.39 is 5.60 Å².